The van der Waals surface area contributed by atoms with Crippen molar-refractivity contribution in [3.63, 3.8) is 0 Å². The van der Waals surface area contributed by atoms with Gasteiger partial charge in [0.25, 0.3) is 0 Å². The molecule has 0 radical (unpaired) electrons. The monoisotopic (exact) mass is 458 g/mol. The molecule has 0 aromatic carbocycles. The van der Waals surface area contributed by atoms with E-state index >= 15 is 0 Å². The Kier molecular flexibility index (Phi) is 13.0. The topological polar surface area (TPSA) is 142 Å². The van der Waals surface area contributed by atoms with Gasteiger partial charge in [-0.2, -0.15) is 0 Å². The van der Waals surface area contributed by atoms with Crippen LogP contribution in [-0.2, 0) is 19.2 Å². The zero-order valence-corrected chi connectivity index (χ0v) is 19.2. The van der Waals surface area contributed by atoms with Gasteiger partial charge in [-0.25, -0.2) is 0 Å². The summed E-state index contributed by atoms with van der Waals surface area (Å²) in [6, 6.07) is 0. The Bertz CT molecular complexity index is 629. The molecule has 0 atom stereocenters. The number of hydrogen-bond acceptors (Lipinski definition) is 8. The van der Waals surface area contributed by atoms with E-state index in [-0.39, 0.29) is 37.9 Å². The molecule has 11 nitrogen and oxygen atoms in total. The Balaban J connectivity index is 2.93. The van der Waals surface area contributed by atoms with Crippen LogP contribution in [0.15, 0.2) is 0 Å². The summed E-state index contributed by atoms with van der Waals surface area (Å²) in [4.78, 5) is 53.4. The molecular formula is C21H38N4O7. The van der Waals surface area contributed by atoms with Crippen molar-refractivity contribution in [3.05, 3.63) is 0 Å². The highest BCUT2D eigenvalue weighted by molar-refractivity contribution is 5.82. The van der Waals surface area contributed by atoms with Gasteiger partial charge in [-0.15, -0.1) is 0 Å². The molecule has 0 aromatic heterocycles. The Morgan fingerprint density at radius 3 is 1.09 bits per heavy atom. The van der Waals surface area contributed by atoms with Crippen LogP contribution in [-0.4, -0.2) is 137 Å². The van der Waals surface area contributed by atoms with Crippen molar-refractivity contribution in [2.45, 2.75) is 26.7 Å². The molecule has 0 spiro atoms. The molecule has 0 unspecified atom stereocenters. The third kappa shape index (κ3) is 12.7. The highest BCUT2D eigenvalue weighted by Gasteiger charge is 2.19. The van der Waals surface area contributed by atoms with Gasteiger partial charge in [-0.3, -0.25) is 38.8 Å². The number of rotatable bonds is 9. The average molecular weight is 459 g/mol. The minimum absolute atomic E-state index is 0.0954. The van der Waals surface area contributed by atoms with Gasteiger partial charge in [0.1, 0.15) is 5.78 Å². The summed E-state index contributed by atoms with van der Waals surface area (Å²) in [6.07, 6.45) is 1.24. The number of carbonyl (C=O) groups is 4. The normalized spacial score (nSPS) is 19.5. The van der Waals surface area contributed by atoms with E-state index < -0.39 is 17.9 Å². The molecule has 1 heterocycles. The molecule has 1 fully saturated rings. The van der Waals surface area contributed by atoms with E-state index in [1.165, 1.54) is 0 Å². The van der Waals surface area contributed by atoms with Crippen LogP contribution in [0.4, 0.5) is 0 Å². The smallest absolute Gasteiger partial charge is 0.317 e. The Morgan fingerprint density at radius 2 is 0.844 bits per heavy atom. The number of ketones is 1. The Labute approximate surface area is 189 Å². The van der Waals surface area contributed by atoms with Crippen molar-refractivity contribution in [2.75, 3.05) is 78.5 Å². The van der Waals surface area contributed by atoms with Crippen molar-refractivity contribution in [2.24, 2.45) is 5.92 Å². The molecule has 32 heavy (non-hydrogen) atoms. The molecule has 11 heteroatoms. The Hall–Kier alpha value is -2.08. The van der Waals surface area contributed by atoms with E-state index in [1.807, 2.05) is 23.6 Å². The van der Waals surface area contributed by atoms with Crippen molar-refractivity contribution in [3.8, 4) is 0 Å². The van der Waals surface area contributed by atoms with Crippen LogP contribution < -0.4 is 0 Å². The largest absolute Gasteiger partial charge is 0.480 e. The van der Waals surface area contributed by atoms with Gasteiger partial charge in [0.2, 0.25) is 0 Å². The highest BCUT2D eigenvalue weighted by atomic mass is 16.4. The van der Waals surface area contributed by atoms with E-state index in [1.54, 1.807) is 9.80 Å². The second kappa shape index (κ2) is 14.9. The average Bonchev–Trinajstić information content (AvgIpc) is 2.67. The van der Waals surface area contributed by atoms with E-state index in [4.69, 9.17) is 0 Å². The first-order valence-electron chi connectivity index (χ1n) is 11.1. The van der Waals surface area contributed by atoms with Crippen molar-refractivity contribution >= 4 is 23.7 Å². The first-order valence-corrected chi connectivity index (χ1v) is 11.1. The Morgan fingerprint density at radius 1 is 0.562 bits per heavy atom. The molecule has 1 rings (SSSR count). The number of nitrogens with zero attached hydrogens (tertiary/aromatic N) is 4. The molecule has 1 saturated heterocycles. The van der Waals surface area contributed by atoms with Gasteiger partial charge in [-0.1, -0.05) is 13.8 Å². The fraction of sp³-hybridized carbons (Fsp3) is 0.810. The molecule has 1 aliphatic rings. The third-order valence-electron chi connectivity index (χ3n) is 5.46. The number of carboxylic acids is 3. The second-order valence-electron chi connectivity index (χ2n) is 8.61. The first-order chi connectivity index (χ1) is 15.1. The minimum atomic E-state index is -0.955. The maximum atomic E-state index is 12.3. The van der Waals surface area contributed by atoms with E-state index in [2.05, 4.69) is 0 Å². The van der Waals surface area contributed by atoms with E-state index in [0.29, 0.717) is 65.2 Å². The molecule has 0 aliphatic carbocycles. The lowest BCUT2D eigenvalue weighted by atomic mass is 10.1. The van der Waals surface area contributed by atoms with E-state index in [9.17, 15) is 34.5 Å². The number of aliphatic carboxylic acids is 3. The standard InChI is InChI=1S/C21H38N4O7/c1-17(2)18(26)13-22-5-3-6-24(15-20(29)30)11-12-25(16-21(31)32)8-4-7-23(10-9-22)14-19(27)28/h17H,3-16H2,1-2H3,(H,27,28)(H,29,30)(H,31,32). The minimum Gasteiger partial charge on any atom is -0.480 e. The molecule has 1 aliphatic heterocycles. The summed E-state index contributed by atoms with van der Waals surface area (Å²) < 4.78 is 0. The molecular weight excluding hydrogens is 420 g/mol. The van der Waals surface area contributed by atoms with Crippen LogP contribution in [0.1, 0.15) is 26.7 Å². The summed E-state index contributed by atoms with van der Waals surface area (Å²) in [5.41, 5.74) is 0. The van der Waals surface area contributed by atoms with Crippen LogP contribution in [0, 0.1) is 5.92 Å². The first kappa shape index (κ1) is 28.0. The van der Waals surface area contributed by atoms with Crippen molar-refractivity contribution in [1.82, 2.24) is 19.6 Å². The predicted molar refractivity (Wildman–Crippen MR) is 118 cm³/mol. The zero-order valence-electron chi connectivity index (χ0n) is 19.2. The van der Waals surface area contributed by atoms with Gasteiger partial charge in [0.05, 0.1) is 26.2 Å². The number of carboxylic acid groups (broad SMARTS) is 3. The lowest BCUT2D eigenvalue weighted by Crippen LogP contribution is -2.45. The molecule has 0 bridgehead atoms. The van der Waals surface area contributed by atoms with Crippen LogP contribution in [0.5, 0.6) is 0 Å². The number of Topliss-reactive ketones (excluding diaryl/α,β-unsaturated/α-hetero) is 1. The number of hydrogen-bond donors (Lipinski definition) is 3. The molecule has 0 saturated carbocycles. The molecule has 0 aromatic rings. The summed E-state index contributed by atoms with van der Waals surface area (Å²) in [5, 5.41) is 27.7. The summed E-state index contributed by atoms with van der Waals surface area (Å²) in [5.74, 6) is -2.80. The van der Waals surface area contributed by atoms with Crippen molar-refractivity contribution in [1.29, 1.82) is 0 Å². The van der Waals surface area contributed by atoms with Gasteiger partial charge in [-0.05, 0) is 19.4 Å². The maximum absolute atomic E-state index is 12.3. The van der Waals surface area contributed by atoms with Crippen LogP contribution in [0.2, 0.25) is 0 Å². The lowest BCUT2D eigenvalue weighted by molar-refractivity contribution is -0.140. The zero-order chi connectivity index (χ0) is 24.1. The van der Waals surface area contributed by atoms with Gasteiger partial charge < -0.3 is 15.3 Å². The maximum Gasteiger partial charge on any atom is 0.317 e. The fourth-order valence-electron chi connectivity index (χ4n) is 3.66. The van der Waals surface area contributed by atoms with Gasteiger partial charge in [0.15, 0.2) is 0 Å². The molecule has 0 amide bonds. The highest BCUT2D eigenvalue weighted by Crippen LogP contribution is 2.05. The summed E-state index contributed by atoms with van der Waals surface area (Å²) in [6.45, 7) is 7.50. The molecule has 184 valence electrons. The van der Waals surface area contributed by atoms with E-state index in [0.717, 1.165) is 0 Å². The molecule has 3 N–H and O–H groups in total. The fourth-order valence-corrected chi connectivity index (χ4v) is 3.66. The lowest BCUT2D eigenvalue weighted by Gasteiger charge is -2.30. The second-order valence-corrected chi connectivity index (χ2v) is 8.61. The SMILES string of the molecule is CC(C)C(=O)CN1CCCN(CC(=O)O)CCN(CC(=O)O)CCCN(CC(=O)O)CC1. The summed E-state index contributed by atoms with van der Waals surface area (Å²) in [7, 11) is 0. The third-order valence-corrected chi connectivity index (χ3v) is 5.46. The predicted octanol–water partition coefficient (Wildman–Crippen LogP) is -0.533. The van der Waals surface area contributed by atoms with Gasteiger partial charge >= 0.3 is 17.9 Å². The summed E-state index contributed by atoms with van der Waals surface area (Å²) >= 11 is 0. The quantitative estimate of drug-likeness (QED) is 0.410. The number of carbonyl (C=O) groups excluding carboxylic acids is 1. The van der Waals surface area contributed by atoms with Crippen molar-refractivity contribution < 1.29 is 34.5 Å². The van der Waals surface area contributed by atoms with Crippen LogP contribution in [0.25, 0.3) is 0 Å². The van der Waals surface area contributed by atoms with Crippen LogP contribution in [0.3, 0.4) is 0 Å². The van der Waals surface area contributed by atoms with Gasteiger partial charge in [0, 0.05) is 51.7 Å². The van der Waals surface area contributed by atoms with Crippen LogP contribution >= 0.6 is 0 Å².